The lowest BCUT2D eigenvalue weighted by molar-refractivity contribution is -0.221. The number of amides is 1. The third-order valence-corrected chi connectivity index (χ3v) is 13.0. The Kier molecular flexibility index (Phi) is 5.74. The van der Waals surface area contributed by atoms with Gasteiger partial charge in [0.05, 0.1) is 6.57 Å². The molecule has 0 N–H and O–H groups in total. The summed E-state index contributed by atoms with van der Waals surface area (Å²) in [6.07, 6.45) is 7.82. The molecule has 1 amide bonds. The first kappa shape index (κ1) is 27.1. The van der Waals surface area contributed by atoms with E-state index < -0.39 is 16.2 Å². The normalized spacial score (nSPS) is 46.6. The standard InChI is InChI=1S/C31H42N4O3/c1-26(2)11-13-31(25(38)34-35-32)14-12-30(7)23(18(31)16-26)20(36)15-22-28(5)17-19(33-8)24(37)27(3,4)21(28)9-10-29(22,30)6/h17-18,21-23H,9-16H2,1-7H3/t18-,21?,22+,23-,28-,29+,30+,31-/m0/s1. The molecule has 5 rings (SSSR count). The number of Topliss-reactive ketones (excluding diaryl/α,β-unsaturated/α-hetero) is 2. The summed E-state index contributed by atoms with van der Waals surface area (Å²) in [5.74, 6) is -0.561. The van der Waals surface area contributed by atoms with Crippen molar-refractivity contribution in [1.29, 1.82) is 0 Å². The summed E-state index contributed by atoms with van der Waals surface area (Å²) in [4.78, 5) is 47.6. The Morgan fingerprint density at radius 3 is 2.26 bits per heavy atom. The minimum absolute atomic E-state index is 0.00571. The lowest BCUT2D eigenvalue weighted by Crippen LogP contribution is -2.69. The summed E-state index contributed by atoms with van der Waals surface area (Å²) in [5.41, 5.74) is 7.01. The van der Waals surface area contributed by atoms with Crippen LogP contribution < -0.4 is 0 Å². The fourth-order valence-electron chi connectivity index (χ4n) is 10.8. The van der Waals surface area contributed by atoms with Gasteiger partial charge in [-0.25, -0.2) is 4.85 Å². The number of rotatable bonds is 1. The molecular formula is C31H42N4O3. The third kappa shape index (κ3) is 3.19. The fourth-order valence-corrected chi connectivity index (χ4v) is 10.8. The topological polar surface area (TPSA) is 104 Å². The van der Waals surface area contributed by atoms with Crippen LogP contribution in [0, 0.1) is 62.7 Å². The Hall–Kier alpha value is -2.45. The molecule has 0 radical (unpaired) electrons. The van der Waals surface area contributed by atoms with E-state index in [9.17, 15) is 14.4 Å². The molecule has 38 heavy (non-hydrogen) atoms. The van der Waals surface area contributed by atoms with Gasteiger partial charge < -0.3 is 4.79 Å². The van der Waals surface area contributed by atoms with E-state index in [0.717, 1.165) is 32.1 Å². The lowest BCUT2D eigenvalue weighted by Gasteiger charge is -2.71. The van der Waals surface area contributed by atoms with Gasteiger partial charge in [0.25, 0.3) is 0 Å². The van der Waals surface area contributed by atoms with E-state index in [2.05, 4.69) is 49.5 Å². The Balaban J connectivity index is 1.65. The van der Waals surface area contributed by atoms with E-state index >= 15 is 0 Å². The molecule has 0 heterocycles. The maximum atomic E-state index is 14.5. The fraction of sp³-hybridized carbons (Fsp3) is 0.806. The van der Waals surface area contributed by atoms with E-state index in [1.807, 2.05) is 19.9 Å². The molecule has 0 aromatic rings. The molecule has 0 bridgehead atoms. The number of ketones is 2. The average Bonchev–Trinajstić information content (AvgIpc) is 2.82. The van der Waals surface area contributed by atoms with Crippen LogP contribution in [0.5, 0.6) is 0 Å². The second-order valence-corrected chi connectivity index (χ2v) is 15.3. The molecule has 5 aliphatic carbocycles. The van der Waals surface area contributed by atoms with Crippen molar-refractivity contribution in [3.8, 4) is 0 Å². The molecule has 7 heteroatoms. The molecule has 0 aromatic carbocycles. The number of carbonyl (C=O) groups excluding carboxylic acids is 3. The summed E-state index contributed by atoms with van der Waals surface area (Å²) in [5, 5.41) is 3.62. The van der Waals surface area contributed by atoms with Crippen molar-refractivity contribution in [2.45, 2.75) is 99.8 Å². The molecule has 1 unspecified atom stereocenters. The van der Waals surface area contributed by atoms with Gasteiger partial charge in [-0.3, -0.25) is 9.59 Å². The van der Waals surface area contributed by atoms with Crippen LogP contribution in [0.4, 0.5) is 0 Å². The van der Waals surface area contributed by atoms with Crippen LogP contribution in [0.25, 0.3) is 15.3 Å². The van der Waals surface area contributed by atoms with Gasteiger partial charge in [-0.15, -0.1) is 0 Å². The Bertz CT molecular complexity index is 1250. The van der Waals surface area contributed by atoms with Crippen molar-refractivity contribution in [2.75, 3.05) is 0 Å². The molecule has 0 saturated heterocycles. The number of azide groups is 1. The van der Waals surface area contributed by atoms with Crippen molar-refractivity contribution in [3.63, 3.8) is 0 Å². The van der Waals surface area contributed by atoms with Crippen molar-refractivity contribution in [2.24, 2.45) is 61.3 Å². The van der Waals surface area contributed by atoms with Gasteiger partial charge in [0.2, 0.25) is 11.6 Å². The molecule has 0 aromatic heterocycles. The van der Waals surface area contributed by atoms with Gasteiger partial charge in [0.15, 0.2) is 5.78 Å². The van der Waals surface area contributed by atoms with Gasteiger partial charge in [0, 0.05) is 28.1 Å². The van der Waals surface area contributed by atoms with Crippen molar-refractivity contribution >= 4 is 17.5 Å². The van der Waals surface area contributed by atoms with Crippen LogP contribution in [0.1, 0.15) is 99.8 Å². The third-order valence-electron chi connectivity index (χ3n) is 13.0. The highest BCUT2D eigenvalue weighted by molar-refractivity contribution is 6.02. The van der Waals surface area contributed by atoms with E-state index in [0.29, 0.717) is 19.3 Å². The highest BCUT2D eigenvalue weighted by Crippen LogP contribution is 2.75. The van der Waals surface area contributed by atoms with Crippen LogP contribution in [-0.4, -0.2) is 17.5 Å². The zero-order valence-corrected chi connectivity index (χ0v) is 24.1. The smallest absolute Gasteiger partial charge is 0.226 e. The Labute approximate surface area is 226 Å². The number of nitrogens with zero attached hydrogens (tertiary/aromatic N) is 4. The van der Waals surface area contributed by atoms with Crippen LogP contribution in [0.2, 0.25) is 0 Å². The number of hydrogen-bond donors (Lipinski definition) is 0. The predicted molar refractivity (Wildman–Crippen MR) is 144 cm³/mol. The molecule has 204 valence electrons. The van der Waals surface area contributed by atoms with Gasteiger partial charge >= 0.3 is 0 Å². The molecule has 4 fully saturated rings. The second kappa shape index (κ2) is 8.04. The summed E-state index contributed by atoms with van der Waals surface area (Å²) in [7, 11) is 0. The highest BCUT2D eigenvalue weighted by Gasteiger charge is 2.72. The van der Waals surface area contributed by atoms with Gasteiger partial charge in [-0.05, 0) is 95.0 Å². The van der Waals surface area contributed by atoms with Gasteiger partial charge in [-0.2, -0.15) is 0 Å². The summed E-state index contributed by atoms with van der Waals surface area (Å²) < 4.78 is 0. The molecule has 4 saturated carbocycles. The zero-order chi connectivity index (χ0) is 28.1. The first-order valence-corrected chi connectivity index (χ1v) is 14.3. The summed E-state index contributed by atoms with van der Waals surface area (Å²) in [6.45, 7) is 23.0. The van der Waals surface area contributed by atoms with Gasteiger partial charge in [0.1, 0.15) is 5.78 Å². The van der Waals surface area contributed by atoms with Gasteiger partial charge in [-0.1, -0.05) is 54.5 Å². The molecular weight excluding hydrogens is 476 g/mol. The van der Waals surface area contributed by atoms with E-state index in [1.54, 1.807) is 0 Å². The van der Waals surface area contributed by atoms with Crippen LogP contribution in [-0.2, 0) is 14.4 Å². The lowest BCUT2D eigenvalue weighted by atomic mass is 9.31. The molecule has 0 spiro atoms. The minimum Gasteiger partial charge on any atom is -0.307 e. The largest absolute Gasteiger partial charge is 0.307 e. The minimum atomic E-state index is -0.762. The average molecular weight is 519 g/mol. The van der Waals surface area contributed by atoms with Crippen molar-refractivity contribution in [1.82, 2.24) is 0 Å². The number of fused-ring (bicyclic) bond motifs is 7. The maximum Gasteiger partial charge on any atom is 0.226 e. The number of carbonyl (C=O) groups is 3. The predicted octanol–water partition coefficient (Wildman–Crippen LogP) is 7.48. The highest BCUT2D eigenvalue weighted by atomic mass is 16.2. The van der Waals surface area contributed by atoms with E-state index in [-0.39, 0.29) is 63.1 Å². The van der Waals surface area contributed by atoms with Crippen molar-refractivity contribution < 1.29 is 14.4 Å². The number of hydrogen-bond acceptors (Lipinski definition) is 3. The molecule has 8 atom stereocenters. The van der Waals surface area contributed by atoms with Crippen LogP contribution in [0.15, 0.2) is 16.9 Å². The molecule has 0 aliphatic heterocycles. The monoisotopic (exact) mass is 518 g/mol. The van der Waals surface area contributed by atoms with E-state index in [4.69, 9.17) is 12.1 Å². The van der Waals surface area contributed by atoms with Crippen LogP contribution in [0.3, 0.4) is 0 Å². The van der Waals surface area contributed by atoms with E-state index in [1.165, 1.54) is 0 Å². The quantitative estimate of drug-likeness (QED) is 0.155. The number of allylic oxidation sites excluding steroid dienone is 2. The SMILES string of the molecule is [C-]#[N+]C1=C[C@@]2(C)C(CC[C@]3(C)[C@@H]2CC(=O)[C@@H]2[C@@H]4CC(C)(C)CC[C@]4(C(=O)N=[N+]=[N-])CC[C@]23C)C(C)(C)C1=O. The summed E-state index contributed by atoms with van der Waals surface area (Å²) in [6, 6.07) is 0. The van der Waals surface area contributed by atoms with Crippen molar-refractivity contribution in [3.05, 3.63) is 33.6 Å². The first-order chi connectivity index (χ1) is 17.5. The zero-order valence-electron chi connectivity index (χ0n) is 24.1. The summed E-state index contributed by atoms with van der Waals surface area (Å²) >= 11 is 0. The maximum absolute atomic E-state index is 14.5. The van der Waals surface area contributed by atoms with Crippen LogP contribution >= 0.6 is 0 Å². The second-order valence-electron chi connectivity index (χ2n) is 15.3. The Morgan fingerprint density at radius 1 is 0.974 bits per heavy atom. The molecule has 7 nitrogen and oxygen atoms in total. The Morgan fingerprint density at radius 2 is 1.63 bits per heavy atom. The first-order valence-electron chi connectivity index (χ1n) is 14.3. The molecule has 5 aliphatic rings.